The summed E-state index contributed by atoms with van der Waals surface area (Å²) < 4.78 is 26.7. The van der Waals surface area contributed by atoms with Crippen LogP contribution in [-0.4, -0.2) is 15.0 Å². The Labute approximate surface area is 110 Å². The summed E-state index contributed by atoms with van der Waals surface area (Å²) in [6.07, 6.45) is 1.74. The fourth-order valence-electron chi connectivity index (χ4n) is 1.54. The molecule has 0 amide bonds. The molecular weight excluding hydrogens is 248 g/mol. The van der Waals surface area contributed by atoms with Crippen molar-refractivity contribution in [3.05, 3.63) is 23.8 Å². The first kappa shape index (κ1) is 15.0. The summed E-state index contributed by atoms with van der Waals surface area (Å²) in [6.45, 7) is 6.49. The minimum atomic E-state index is -3.44. The summed E-state index contributed by atoms with van der Waals surface area (Å²) in [5, 5.41) is 0. The fraction of sp³-hybridized carbons (Fsp3) is 0.538. The number of hydrogen-bond acceptors (Lipinski definition) is 3. The van der Waals surface area contributed by atoms with E-state index in [1.165, 1.54) is 6.07 Å². The topological polar surface area (TPSA) is 72.2 Å². The van der Waals surface area contributed by atoms with Crippen molar-refractivity contribution < 1.29 is 8.42 Å². The first-order chi connectivity index (χ1) is 8.40. The van der Waals surface area contributed by atoms with Gasteiger partial charge in [-0.1, -0.05) is 33.3 Å². The van der Waals surface area contributed by atoms with Gasteiger partial charge in [-0.3, -0.25) is 0 Å². The van der Waals surface area contributed by atoms with Gasteiger partial charge in [0, 0.05) is 12.2 Å². The van der Waals surface area contributed by atoms with E-state index in [1.54, 1.807) is 12.1 Å². The molecule has 0 aromatic heterocycles. The van der Waals surface area contributed by atoms with Gasteiger partial charge in [0.1, 0.15) is 0 Å². The second kappa shape index (κ2) is 6.20. The first-order valence-corrected chi connectivity index (χ1v) is 7.77. The van der Waals surface area contributed by atoms with Gasteiger partial charge in [-0.15, -0.1) is 0 Å². The number of rotatable bonds is 6. The Morgan fingerprint density at radius 1 is 1.33 bits per heavy atom. The third kappa shape index (κ3) is 3.71. The SMILES string of the molecule is CCc1ccc(S(=O)(=O)NCC(C)CC)cc1N. The van der Waals surface area contributed by atoms with E-state index in [9.17, 15) is 8.42 Å². The van der Waals surface area contributed by atoms with Gasteiger partial charge in [-0.25, -0.2) is 13.1 Å². The van der Waals surface area contributed by atoms with Crippen LogP contribution in [0.3, 0.4) is 0 Å². The molecule has 0 bridgehead atoms. The second-order valence-corrected chi connectivity index (χ2v) is 6.35. The zero-order valence-electron chi connectivity index (χ0n) is 11.2. The fourth-order valence-corrected chi connectivity index (χ4v) is 2.74. The highest BCUT2D eigenvalue weighted by molar-refractivity contribution is 7.89. The lowest BCUT2D eigenvalue weighted by Crippen LogP contribution is -2.28. The van der Waals surface area contributed by atoms with Crippen LogP contribution in [0.1, 0.15) is 32.8 Å². The molecule has 5 heteroatoms. The lowest BCUT2D eigenvalue weighted by atomic mass is 10.1. The molecule has 0 fully saturated rings. The molecule has 1 aromatic carbocycles. The molecule has 0 spiro atoms. The van der Waals surface area contributed by atoms with E-state index in [-0.39, 0.29) is 4.90 Å². The van der Waals surface area contributed by atoms with Gasteiger partial charge in [0.15, 0.2) is 0 Å². The van der Waals surface area contributed by atoms with Crippen molar-refractivity contribution in [2.45, 2.75) is 38.5 Å². The van der Waals surface area contributed by atoms with Crippen LogP contribution in [0.25, 0.3) is 0 Å². The summed E-state index contributed by atoms with van der Waals surface area (Å²) in [6, 6.07) is 4.90. The minimum absolute atomic E-state index is 0.237. The highest BCUT2D eigenvalue weighted by Gasteiger charge is 2.15. The molecule has 3 N–H and O–H groups in total. The van der Waals surface area contributed by atoms with Crippen molar-refractivity contribution in [3.8, 4) is 0 Å². The Hall–Kier alpha value is -1.07. The average molecular weight is 270 g/mol. The lowest BCUT2D eigenvalue weighted by Gasteiger charge is -2.12. The predicted octanol–water partition coefficient (Wildman–Crippen LogP) is 2.16. The zero-order chi connectivity index (χ0) is 13.8. The maximum Gasteiger partial charge on any atom is 0.240 e. The molecule has 18 heavy (non-hydrogen) atoms. The Bertz CT molecular complexity index is 498. The van der Waals surface area contributed by atoms with E-state index in [2.05, 4.69) is 4.72 Å². The molecule has 0 aliphatic carbocycles. The molecule has 1 rings (SSSR count). The van der Waals surface area contributed by atoms with E-state index in [1.807, 2.05) is 20.8 Å². The number of anilines is 1. The summed E-state index contributed by atoms with van der Waals surface area (Å²) in [7, 11) is -3.44. The number of sulfonamides is 1. The number of benzene rings is 1. The summed E-state index contributed by atoms with van der Waals surface area (Å²) in [5.74, 6) is 0.326. The Morgan fingerprint density at radius 3 is 2.50 bits per heavy atom. The second-order valence-electron chi connectivity index (χ2n) is 4.58. The third-order valence-corrected chi connectivity index (χ3v) is 4.55. The van der Waals surface area contributed by atoms with E-state index in [0.717, 1.165) is 18.4 Å². The van der Waals surface area contributed by atoms with Gasteiger partial charge in [-0.05, 0) is 30.0 Å². The van der Waals surface area contributed by atoms with Crippen LogP contribution in [0, 0.1) is 5.92 Å². The first-order valence-electron chi connectivity index (χ1n) is 6.28. The smallest absolute Gasteiger partial charge is 0.240 e. The molecule has 1 unspecified atom stereocenters. The molecule has 0 aliphatic rings. The monoisotopic (exact) mass is 270 g/mol. The quantitative estimate of drug-likeness (QED) is 0.778. The van der Waals surface area contributed by atoms with E-state index < -0.39 is 10.0 Å². The number of hydrogen-bond donors (Lipinski definition) is 2. The van der Waals surface area contributed by atoms with E-state index in [4.69, 9.17) is 5.73 Å². The maximum atomic E-state index is 12.0. The van der Waals surface area contributed by atoms with Crippen molar-refractivity contribution in [3.63, 3.8) is 0 Å². The summed E-state index contributed by atoms with van der Waals surface area (Å²) in [5.41, 5.74) is 7.32. The van der Waals surface area contributed by atoms with Gasteiger partial charge in [-0.2, -0.15) is 0 Å². The average Bonchev–Trinajstić information content (AvgIpc) is 2.35. The molecule has 102 valence electrons. The number of aryl methyl sites for hydroxylation is 1. The van der Waals surface area contributed by atoms with Crippen molar-refractivity contribution in [1.82, 2.24) is 4.72 Å². The van der Waals surface area contributed by atoms with Crippen LogP contribution in [-0.2, 0) is 16.4 Å². The predicted molar refractivity (Wildman–Crippen MR) is 74.9 cm³/mol. The molecule has 4 nitrogen and oxygen atoms in total. The van der Waals surface area contributed by atoms with Gasteiger partial charge in [0.05, 0.1) is 4.90 Å². The summed E-state index contributed by atoms with van der Waals surface area (Å²) in [4.78, 5) is 0.237. The Balaban J connectivity index is 2.88. The van der Waals surface area contributed by atoms with Crippen molar-refractivity contribution in [2.24, 2.45) is 5.92 Å². The van der Waals surface area contributed by atoms with Gasteiger partial charge >= 0.3 is 0 Å². The molecule has 1 aromatic rings. The van der Waals surface area contributed by atoms with Crippen LogP contribution < -0.4 is 10.5 Å². The zero-order valence-corrected chi connectivity index (χ0v) is 12.0. The van der Waals surface area contributed by atoms with Gasteiger partial charge < -0.3 is 5.73 Å². The highest BCUT2D eigenvalue weighted by atomic mass is 32.2. The van der Waals surface area contributed by atoms with Crippen LogP contribution in [0.15, 0.2) is 23.1 Å². The van der Waals surface area contributed by atoms with Crippen LogP contribution in [0.2, 0.25) is 0 Å². The Kier molecular flexibility index (Phi) is 5.16. The Morgan fingerprint density at radius 2 is 2.00 bits per heavy atom. The van der Waals surface area contributed by atoms with Crippen LogP contribution in [0.4, 0.5) is 5.69 Å². The van der Waals surface area contributed by atoms with Gasteiger partial charge in [0.25, 0.3) is 0 Å². The number of nitrogens with two attached hydrogens (primary N) is 1. The van der Waals surface area contributed by atoms with E-state index in [0.29, 0.717) is 18.2 Å². The highest BCUT2D eigenvalue weighted by Crippen LogP contribution is 2.18. The molecule has 0 saturated heterocycles. The van der Waals surface area contributed by atoms with Crippen LogP contribution >= 0.6 is 0 Å². The number of nitrogen functional groups attached to an aromatic ring is 1. The van der Waals surface area contributed by atoms with Crippen molar-refractivity contribution in [1.29, 1.82) is 0 Å². The lowest BCUT2D eigenvalue weighted by molar-refractivity contribution is 0.528. The molecule has 0 aliphatic heterocycles. The maximum absolute atomic E-state index is 12.0. The molecule has 0 saturated carbocycles. The molecule has 1 atom stereocenters. The largest absolute Gasteiger partial charge is 0.398 e. The third-order valence-electron chi connectivity index (χ3n) is 3.13. The van der Waals surface area contributed by atoms with Crippen molar-refractivity contribution in [2.75, 3.05) is 12.3 Å². The molecule has 0 radical (unpaired) electrons. The number of nitrogens with one attached hydrogen (secondary N) is 1. The normalized spacial score (nSPS) is 13.5. The summed E-state index contributed by atoms with van der Waals surface area (Å²) >= 11 is 0. The van der Waals surface area contributed by atoms with Crippen LogP contribution in [0.5, 0.6) is 0 Å². The minimum Gasteiger partial charge on any atom is -0.398 e. The molecular formula is C13H22N2O2S. The van der Waals surface area contributed by atoms with Gasteiger partial charge in [0.2, 0.25) is 10.0 Å². The van der Waals surface area contributed by atoms with Crippen molar-refractivity contribution >= 4 is 15.7 Å². The standard InChI is InChI=1S/C13H22N2O2S/c1-4-10(3)9-15-18(16,17)12-7-6-11(5-2)13(14)8-12/h6-8,10,15H,4-5,9,14H2,1-3H3. The molecule has 0 heterocycles. The van der Waals surface area contributed by atoms with E-state index >= 15 is 0 Å².